The van der Waals surface area contributed by atoms with Gasteiger partial charge in [-0.3, -0.25) is 9.36 Å². The van der Waals surface area contributed by atoms with Crippen LogP contribution in [0.2, 0.25) is 0 Å². The summed E-state index contributed by atoms with van der Waals surface area (Å²) in [6.45, 7) is 4.35. The van der Waals surface area contributed by atoms with E-state index in [2.05, 4.69) is 53.0 Å². The number of nitrogens with one attached hydrogen (secondary N) is 1. The summed E-state index contributed by atoms with van der Waals surface area (Å²) in [4.78, 5) is 16.6. The Kier molecular flexibility index (Phi) is 6.51. The van der Waals surface area contributed by atoms with Gasteiger partial charge in [0.2, 0.25) is 5.91 Å². The first kappa shape index (κ1) is 19.7. The van der Waals surface area contributed by atoms with Crippen LogP contribution < -0.4 is 5.32 Å². The van der Waals surface area contributed by atoms with Gasteiger partial charge in [0.05, 0.1) is 29.4 Å². The minimum Gasteiger partial charge on any atom is -0.342 e. The molecule has 0 radical (unpaired) electrons. The fourth-order valence-electron chi connectivity index (χ4n) is 2.98. The van der Waals surface area contributed by atoms with Crippen LogP contribution in [-0.2, 0) is 4.79 Å². The molecule has 3 rings (SSSR count). The fraction of sp³-hybridized carbons (Fsp3) is 0.227. The molecule has 0 aliphatic heterocycles. The number of imidazole rings is 1. The van der Waals surface area contributed by atoms with Crippen molar-refractivity contribution in [2.75, 3.05) is 12.3 Å². The highest BCUT2D eigenvalue weighted by Crippen LogP contribution is 2.33. The monoisotopic (exact) mass is 390 g/mol. The molecule has 3 aromatic rings. The van der Waals surface area contributed by atoms with Crippen molar-refractivity contribution >= 4 is 17.7 Å². The van der Waals surface area contributed by atoms with Gasteiger partial charge < -0.3 is 5.32 Å². The van der Waals surface area contributed by atoms with Crippen LogP contribution in [0.5, 0.6) is 0 Å². The second-order valence-corrected chi connectivity index (χ2v) is 7.51. The minimum absolute atomic E-state index is 0.0132. The van der Waals surface area contributed by atoms with Crippen LogP contribution in [0.1, 0.15) is 25.3 Å². The Bertz CT molecular complexity index is 989. The first-order chi connectivity index (χ1) is 13.6. The lowest BCUT2D eigenvalue weighted by atomic mass is 10.0. The van der Waals surface area contributed by atoms with Crippen LogP contribution in [0, 0.1) is 11.3 Å². The number of hydrogen-bond donors (Lipinski definition) is 1. The number of nitrogens with zero attached hydrogens (tertiary/aromatic N) is 3. The number of carbonyl (C=O) groups excluding carboxylic acids is 1. The predicted molar refractivity (Wildman–Crippen MR) is 112 cm³/mol. The summed E-state index contributed by atoms with van der Waals surface area (Å²) in [7, 11) is 0. The molecule has 28 heavy (non-hydrogen) atoms. The Labute approximate surface area is 169 Å². The molecule has 2 aromatic carbocycles. The molecule has 0 unspecified atom stereocenters. The van der Waals surface area contributed by atoms with Gasteiger partial charge in [0.25, 0.3) is 0 Å². The maximum Gasteiger partial charge on any atom is 0.231 e. The molecule has 0 aliphatic carbocycles. The van der Waals surface area contributed by atoms with E-state index in [1.54, 1.807) is 0 Å². The number of aromatic nitrogens is 2. The summed E-state index contributed by atoms with van der Waals surface area (Å²) >= 11 is 1.37. The van der Waals surface area contributed by atoms with Crippen LogP contribution in [0.15, 0.2) is 66.0 Å². The van der Waals surface area contributed by atoms with Gasteiger partial charge in [-0.25, -0.2) is 4.98 Å². The maximum absolute atomic E-state index is 12.0. The van der Waals surface area contributed by atoms with Crippen molar-refractivity contribution in [3.63, 3.8) is 0 Å². The lowest BCUT2D eigenvalue weighted by Crippen LogP contribution is -2.25. The van der Waals surface area contributed by atoms with Crippen molar-refractivity contribution in [3.8, 4) is 23.0 Å². The SMILES string of the molecule is CC(C)c1ccccc1-n1c(-c2ccccc2)cnc1SCC(=O)NCC#N. The highest BCUT2D eigenvalue weighted by Gasteiger charge is 2.18. The van der Waals surface area contributed by atoms with E-state index in [-0.39, 0.29) is 18.2 Å². The number of rotatable bonds is 7. The number of benzene rings is 2. The lowest BCUT2D eigenvalue weighted by molar-refractivity contribution is -0.118. The predicted octanol–water partition coefficient (Wildman–Crippen LogP) is 4.39. The summed E-state index contributed by atoms with van der Waals surface area (Å²) in [5.74, 6) is 0.370. The highest BCUT2D eigenvalue weighted by molar-refractivity contribution is 7.99. The van der Waals surface area contributed by atoms with E-state index >= 15 is 0 Å². The average Bonchev–Trinajstić information content (AvgIpc) is 3.15. The van der Waals surface area contributed by atoms with Gasteiger partial charge in [0, 0.05) is 5.56 Å². The van der Waals surface area contributed by atoms with E-state index in [0.29, 0.717) is 5.92 Å². The molecule has 6 heteroatoms. The van der Waals surface area contributed by atoms with E-state index in [1.165, 1.54) is 17.3 Å². The van der Waals surface area contributed by atoms with Crippen molar-refractivity contribution in [3.05, 3.63) is 66.4 Å². The van der Waals surface area contributed by atoms with Crippen LogP contribution in [0.4, 0.5) is 0 Å². The Morgan fingerprint density at radius 2 is 1.89 bits per heavy atom. The minimum atomic E-state index is -0.181. The third-order valence-corrected chi connectivity index (χ3v) is 5.25. The second kappa shape index (κ2) is 9.25. The third kappa shape index (κ3) is 4.44. The van der Waals surface area contributed by atoms with Crippen LogP contribution in [-0.4, -0.2) is 27.8 Å². The molecule has 0 saturated carbocycles. The Balaban J connectivity index is 2.04. The molecule has 1 aromatic heterocycles. The number of thioether (sulfide) groups is 1. The van der Waals surface area contributed by atoms with E-state index < -0.39 is 0 Å². The smallest absolute Gasteiger partial charge is 0.231 e. The van der Waals surface area contributed by atoms with Crippen molar-refractivity contribution in [1.29, 1.82) is 5.26 Å². The summed E-state index contributed by atoms with van der Waals surface area (Å²) in [6, 6.07) is 20.3. The highest BCUT2D eigenvalue weighted by atomic mass is 32.2. The standard InChI is InChI=1S/C22H22N4OS/c1-16(2)18-10-6-7-11-19(18)26-20(17-8-4-3-5-9-17)14-25-22(26)28-15-21(27)24-13-12-23/h3-11,14,16H,13,15H2,1-2H3,(H,24,27). The summed E-state index contributed by atoms with van der Waals surface area (Å²) < 4.78 is 2.12. The van der Waals surface area contributed by atoms with Gasteiger partial charge in [-0.1, -0.05) is 74.1 Å². The van der Waals surface area contributed by atoms with Gasteiger partial charge in [-0.05, 0) is 17.5 Å². The zero-order valence-corrected chi connectivity index (χ0v) is 16.7. The third-order valence-electron chi connectivity index (χ3n) is 4.30. The molecule has 0 fully saturated rings. The van der Waals surface area contributed by atoms with E-state index in [4.69, 9.17) is 5.26 Å². The molecule has 1 amide bonds. The Hall–Kier alpha value is -3.04. The molecule has 0 atom stereocenters. The van der Waals surface area contributed by atoms with Crippen LogP contribution >= 0.6 is 11.8 Å². The van der Waals surface area contributed by atoms with Crippen molar-refractivity contribution in [2.24, 2.45) is 0 Å². The lowest BCUT2D eigenvalue weighted by Gasteiger charge is -2.18. The number of carbonyl (C=O) groups is 1. The number of nitriles is 1. The number of amides is 1. The first-order valence-corrected chi connectivity index (χ1v) is 10.1. The van der Waals surface area contributed by atoms with Gasteiger partial charge in [-0.15, -0.1) is 0 Å². The topological polar surface area (TPSA) is 70.7 Å². The molecular weight excluding hydrogens is 368 g/mol. The van der Waals surface area contributed by atoms with Crippen molar-refractivity contribution in [2.45, 2.75) is 24.9 Å². The number of hydrogen-bond acceptors (Lipinski definition) is 4. The number of para-hydroxylation sites is 1. The Morgan fingerprint density at radius 1 is 1.18 bits per heavy atom. The normalized spacial score (nSPS) is 10.6. The molecule has 1 N–H and O–H groups in total. The Morgan fingerprint density at radius 3 is 2.61 bits per heavy atom. The van der Waals surface area contributed by atoms with Crippen LogP contribution in [0.25, 0.3) is 16.9 Å². The van der Waals surface area contributed by atoms with Gasteiger partial charge in [0.1, 0.15) is 6.54 Å². The average molecular weight is 391 g/mol. The van der Waals surface area contributed by atoms with Crippen LogP contribution in [0.3, 0.4) is 0 Å². The fourth-order valence-corrected chi connectivity index (χ4v) is 3.80. The van der Waals surface area contributed by atoms with Gasteiger partial charge in [-0.2, -0.15) is 5.26 Å². The molecule has 1 heterocycles. The summed E-state index contributed by atoms with van der Waals surface area (Å²) in [5, 5.41) is 11.9. The molecule has 0 aliphatic rings. The van der Waals surface area contributed by atoms with Crippen molar-refractivity contribution < 1.29 is 4.79 Å². The second-order valence-electron chi connectivity index (χ2n) is 6.56. The molecule has 142 valence electrons. The zero-order valence-electron chi connectivity index (χ0n) is 15.9. The molecule has 0 bridgehead atoms. The van der Waals surface area contributed by atoms with Crippen molar-refractivity contribution in [1.82, 2.24) is 14.9 Å². The largest absolute Gasteiger partial charge is 0.342 e. The van der Waals surface area contributed by atoms with E-state index in [0.717, 1.165) is 22.1 Å². The van der Waals surface area contributed by atoms with E-state index in [1.807, 2.05) is 42.6 Å². The molecule has 0 saturated heterocycles. The summed E-state index contributed by atoms with van der Waals surface area (Å²) in [5.41, 5.74) is 4.32. The maximum atomic E-state index is 12.0. The first-order valence-electron chi connectivity index (χ1n) is 9.10. The molecular formula is C22H22N4OS. The summed E-state index contributed by atoms with van der Waals surface area (Å²) in [6.07, 6.45) is 1.85. The van der Waals surface area contributed by atoms with E-state index in [9.17, 15) is 4.79 Å². The van der Waals surface area contributed by atoms with Gasteiger partial charge in [0.15, 0.2) is 5.16 Å². The molecule has 0 spiro atoms. The quantitative estimate of drug-likeness (QED) is 0.480. The molecule has 5 nitrogen and oxygen atoms in total. The zero-order chi connectivity index (χ0) is 19.9. The van der Waals surface area contributed by atoms with Gasteiger partial charge >= 0.3 is 0 Å².